The standard InChI is InChI=1S/C11H7ClFNO2/c12-8-4-3-7(13)6-10(8)14-5-1-2-9(14)11(15)16/h1-6H,(H,15,16). The van der Waals surface area contributed by atoms with Crippen molar-refractivity contribution < 1.29 is 14.3 Å². The van der Waals surface area contributed by atoms with Crippen molar-refractivity contribution in [3.63, 3.8) is 0 Å². The van der Waals surface area contributed by atoms with Crippen molar-refractivity contribution >= 4 is 17.6 Å². The normalized spacial score (nSPS) is 10.4. The predicted octanol–water partition coefficient (Wildman–Crippen LogP) is 2.97. The molecule has 16 heavy (non-hydrogen) atoms. The molecule has 0 radical (unpaired) electrons. The van der Waals surface area contributed by atoms with Crippen molar-refractivity contribution in [1.82, 2.24) is 4.57 Å². The molecule has 0 spiro atoms. The number of carboxylic acids is 1. The third-order valence-corrected chi connectivity index (χ3v) is 2.46. The first-order valence-electron chi connectivity index (χ1n) is 4.45. The van der Waals surface area contributed by atoms with Gasteiger partial charge in [0.2, 0.25) is 0 Å². The highest BCUT2D eigenvalue weighted by Gasteiger charge is 2.12. The quantitative estimate of drug-likeness (QED) is 0.876. The maximum atomic E-state index is 13.1. The zero-order valence-electron chi connectivity index (χ0n) is 8.02. The van der Waals surface area contributed by atoms with Crippen LogP contribution in [0.5, 0.6) is 0 Å². The Morgan fingerprint density at radius 2 is 2.12 bits per heavy atom. The van der Waals surface area contributed by atoms with E-state index >= 15 is 0 Å². The third kappa shape index (κ3) is 1.79. The Morgan fingerprint density at radius 1 is 1.38 bits per heavy atom. The summed E-state index contributed by atoms with van der Waals surface area (Å²) in [7, 11) is 0. The Kier molecular flexibility index (Phi) is 2.66. The number of hydrogen-bond donors (Lipinski definition) is 1. The molecule has 0 amide bonds. The fourth-order valence-corrected chi connectivity index (χ4v) is 1.64. The summed E-state index contributed by atoms with van der Waals surface area (Å²) in [6.07, 6.45) is 1.52. The number of halogens is 2. The highest BCUT2D eigenvalue weighted by Crippen LogP contribution is 2.23. The SMILES string of the molecule is O=C(O)c1cccn1-c1cc(F)ccc1Cl. The van der Waals surface area contributed by atoms with Gasteiger partial charge in [0.1, 0.15) is 11.5 Å². The lowest BCUT2D eigenvalue weighted by Gasteiger charge is -2.08. The molecule has 82 valence electrons. The molecule has 0 atom stereocenters. The molecule has 0 unspecified atom stereocenters. The van der Waals surface area contributed by atoms with E-state index in [2.05, 4.69) is 0 Å². The van der Waals surface area contributed by atoms with Crippen LogP contribution < -0.4 is 0 Å². The lowest BCUT2D eigenvalue weighted by molar-refractivity contribution is 0.0688. The van der Waals surface area contributed by atoms with Gasteiger partial charge in [-0.15, -0.1) is 0 Å². The van der Waals surface area contributed by atoms with Gasteiger partial charge in [0, 0.05) is 6.20 Å². The molecule has 1 aromatic heterocycles. The Balaban J connectivity index is 2.62. The number of benzene rings is 1. The molecule has 0 fully saturated rings. The highest BCUT2D eigenvalue weighted by atomic mass is 35.5. The van der Waals surface area contributed by atoms with Crippen LogP contribution in [0.1, 0.15) is 10.5 Å². The lowest BCUT2D eigenvalue weighted by Crippen LogP contribution is -2.06. The second-order valence-electron chi connectivity index (χ2n) is 3.16. The molecular weight excluding hydrogens is 233 g/mol. The van der Waals surface area contributed by atoms with Crippen molar-refractivity contribution in [2.24, 2.45) is 0 Å². The summed E-state index contributed by atoms with van der Waals surface area (Å²) in [6, 6.07) is 6.77. The van der Waals surface area contributed by atoms with E-state index in [1.807, 2.05) is 0 Å². The van der Waals surface area contributed by atoms with Gasteiger partial charge in [0.25, 0.3) is 0 Å². The van der Waals surface area contributed by atoms with E-state index in [4.69, 9.17) is 16.7 Å². The number of nitrogens with zero attached hydrogens (tertiary/aromatic N) is 1. The van der Waals surface area contributed by atoms with Crippen molar-refractivity contribution in [1.29, 1.82) is 0 Å². The minimum Gasteiger partial charge on any atom is -0.477 e. The molecule has 1 heterocycles. The van der Waals surface area contributed by atoms with Gasteiger partial charge in [-0.3, -0.25) is 0 Å². The minimum absolute atomic E-state index is 0.0347. The maximum Gasteiger partial charge on any atom is 0.352 e. The number of aromatic nitrogens is 1. The Labute approximate surface area is 95.7 Å². The first kappa shape index (κ1) is 10.7. The average Bonchev–Trinajstić information content (AvgIpc) is 2.70. The summed E-state index contributed by atoms with van der Waals surface area (Å²) in [6.45, 7) is 0. The molecule has 0 aliphatic heterocycles. The van der Waals surface area contributed by atoms with E-state index in [1.54, 1.807) is 6.07 Å². The zero-order chi connectivity index (χ0) is 11.7. The molecule has 2 aromatic rings. The van der Waals surface area contributed by atoms with Gasteiger partial charge >= 0.3 is 5.97 Å². The van der Waals surface area contributed by atoms with E-state index in [1.165, 1.54) is 35.0 Å². The van der Waals surface area contributed by atoms with Crippen LogP contribution in [0.15, 0.2) is 36.5 Å². The number of carbonyl (C=O) groups is 1. The second-order valence-corrected chi connectivity index (χ2v) is 3.57. The molecule has 0 aliphatic rings. The van der Waals surface area contributed by atoms with Crippen molar-refractivity contribution in [2.75, 3.05) is 0 Å². The van der Waals surface area contributed by atoms with Gasteiger partial charge in [-0.05, 0) is 30.3 Å². The molecule has 5 heteroatoms. The molecule has 0 saturated heterocycles. The highest BCUT2D eigenvalue weighted by molar-refractivity contribution is 6.32. The predicted molar refractivity (Wildman–Crippen MR) is 57.7 cm³/mol. The van der Waals surface area contributed by atoms with Crippen LogP contribution in [-0.2, 0) is 0 Å². The molecule has 1 aromatic carbocycles. The summed E-state index contributed by atoms with van der Waals surface area (Å²) in [4.78, 5) is 10.9. The molecule has 0 aliphatic carbocycles. The summed E-state index contributed by atoms with van der Waals surface area (Å²) < 4.78 is 14.4. The zero-order valence-corrected chi connectivity index (χ0v) is 8.78. The summed E-state index contributed by atoms with van der Waals surface area (Å²) in [5.74, 6) is -1.56. The maximum absolute atomic E-state index is 13.1. The van der Waals surface area contributed by atoms with E-state index in [0.717, 1.165) is 0 Å². The van der Waals surface area contributed by atoms with Crippen LogP contribution in [0, 0.1) is 5.82 Å². The van der Waals surface area contributed by atoms with Crippen LogP contribution in [0.25, 0.3) is 5.69 Å². The van der Waals surface area contributed by atoms with Crippen LogP contribution in [0.3, 0.4) is 0 Å². The van der Waals surface area contributed by atoms with E-state index in [9.17, 15) is 9.18 Å². The number of rotatable bonds is 2. The first-order valence-corrected chi connectivity index (χ1v) is 4.83. The molecule has 2 rings (SSSR count). The van der Waals surface area contributed by atoms with E-state index in [-0.39, 0.29) is 5.69 Å². The molecule has 1 N–H and O–H groups in total. The second kappa shape index (κ2) is 3.98. The van der Waals surface area contributed by atoms with Crippen LogP contribution in [-0.4, -0.2) is 15.6 Å². The van der Waals surface area contributed by atoms with Crippen LogP contribution in [0.2, 0.25) is 5.02 Å². The van der Waals surface area contributed by atoms with Crippen LogP contribution >= 0.6 is 11.6 Å². The summed E-state index contributed by atoms with van der Waals surface area (Å²) in [5.41, 5.74) is 0.344. The Morgan fingerprint density at radius 3 is 2.81 bits per heavy atom. The average molecular weight is 240 g/mol. The van der Waals surface area contributed by atoms with Crippen LogP contribution in [0.4, 0.5) is 4.39 Å². The topological polar surface area (TPSA) is 42.2 Å². The van der Waals surface area contributed by atoms with Gasteiger partial charge in [-0.1, -0.05) is 11.6 Å². The van der Waals surface area contributed by atoms with Crippen molar-refractivity contribution in [2.45, 2.75) is 0 Å². The largest absolute Gasteiger partial charge is 0.477 e. The van der Waals surface area contributed by atoms with Gasteiger partial charge in [0.15, 0.2) is 0 Å². The monoisotopic (exact) mass is 239 g/mol. The van der Waals surface area contributed by atoms with Crippen molar-refractivity contribution in [3.8, 4) is 5.69 Å². The summed E-state index contributed by atoms with van der Waals surface area (Å²) in [5, 5.41) is 9.21. The van der Waals surface area contributed by atoms with E-state index < -0.39 is 11.8 Å². The fraction of sp³-hybridized carbons (Fsp3) is 0. The van der Waals surface area contributed by atoms with E-state index in [0.29, 0.717) is 10.7 Å². The van der Waals surface area contributed by atoms with Crippen molar-refractivity contribution in [3.05, 3.63) is 53.1 Å². The van der Waals surface area contributed by atoms with Gasteiger partial charge in [-0.25, -0.2) is 9.18 Å². The molecule has 0 bridgehead atoms. The fourth-order valence-electron chi connectivity index (χ4n) is 1.44. The summed E-state index contributed by atoms with van der Waals surface area (Å²) >= 11 is 5.88. The lowest BCUT2D eigenvalue weighted by atomic mass is 10.3. The minimum atomic E-state index is -1.09. The Hall–Kier alpha value is -1.81. The number of carboxylic acid groups (broad SMARTS) is 1. The Bertz CT molecular complexity index is 551. The number of hydrogen-bond acceptors (Lipinski definition) is 1. The third-order valence-electron chi connectivity index (χ3n) is 2.14. The molecule has 0 saturated carbocycles. The number of aromatic carboxylic acids is 1. The van der Waals surface area contributed by atoms with Gasteiger partial charge < -0.3 is 9.67 Å². The molecular formula is C11H7ClFNO2. The van der Waals surface area contributed by atoms with Gasteiger partial charge in [-0.2, -0.15) is 0 Å². The smallest absolute Gasteiger partial charge is 0.352 e. The van der Waals surface area contributed by atoms with Gasteiger partial charge in [0.05, 0.1) is 10.7 Å². The molecule has 3 nitrogen and oxygen atoms in total. The first-order chi connectivity index (χ1) is 7.59.